The number of amides is 3. The lowest BCUT2D eigenvalue weighted by atomic mass is 10.0. The number of carboxylic acids is 1. The standard InChI is InChI=1S/C20H26N6O6/c21-14(10-27)18(30)25-15(6-12-4-2-1-3-5-12)20(32)26-16(7-13-8-22-11-24-13)19(31)23-9-17(28)29/h1-5,8,11,14-16,27H,6-7,9-10,21H2,(H,22,24)(H,23,31)(H,25,30)(H,26,32)(H,28,29). The summed E-state index contributed by atoms with van der Waals surface area (Å²) in [6.07, 6.45) is 2.98. The number of carbonyl (C=O) groups excluding carboxylic acids is 3. The number of nitrogens with two attached hydrogens (primary N) is 1. The van der Waals surface area contributed by atoms with Crippen molar-refractivity contribution in [2.75, 3.05) is 13.2 Å². The maximum Gasteiger partial charge on any atom is 0.322 e. The number of aliphatic hydroxyl groups is 1. The van der Waals surface area contributed by atoms with Crippen LogP contribution in [0.2, 0.25) is 0 Å². The molecule has 0 saturated heterocycles. The van der Waals surface area contributed by atoms with Gasteiger partial charge in [-0.25, -0.2) is 4.98 Å². The number of hydrogen-bond donors (Lipinski definition) is 7. The van der Waals surface area contributed by atoms with Crippen LogP contribution >= 0.6 is 0 Å². The summed E-state index contributed by atoms with van der Waals surface area (Å²) in [5, 5.41) is 25.2. The van der Waals surface area contributed by atoms with Crippen molar-refractivity contribution in [2.24, 2.45) is 5.73 Å². The molecule has 0 spiro atoms. The molecule has 0 aliphatic heterocycles. The van der Waals surface area contributed by atoms with Crippen molar-refractivity contribution in [1.29, 1.82) is 0 Å². The molecule has 1 aromatic heterocycles. The fourth-order valence-electron chi connectivity index (χ4n) is 2.80. The van der Waals surface area contributed by atoms with Gasteiger partial charge < -0.3 is 36.9 Å². The van der Waals surface area contributed by atoms with E-state index in [0.29, 0.717) is 5.69 Å². The van der Waals surface area contributed by atoms with Gasteiger partial charge in [-0.05, 0) is 5.56 Å². The second-order valence-electron chi connectivity index (χ2n) is 6.99. The first-order valence-corrected chi connectivity index (χ1v) is 9.78. The van der Waals surface area contributed by atoms with Crippen LogP contribution in [-0.2, 0) is 32.0 Å². The molecule has 0 aliphatic rings. The second-order valence-corrected chi connectivity index (χ2v) is 6.99. The largest absolute Gasteiger partial charge is 0.480 e. The van der Waals surface area contributed by atoms with Crippen molar-refractivity contribution in [2.45, 2.75) is 31.0 Å². The zero-order valence-corrected chi connectivity index (χ0v) is 17.2. The van der Waals surface area contributed by atoms with Crippen molar-refractivity contribution in [3.8, 4) is 0 Å². The Morgan fingerprint density at radius 3 is 2.25 bits per heavy atom. The predicted molar refractivity (Wildman–Crippen MR) is 112 cm³/mol. The molecule has 1 aromatic carbocycles. The van der Waals surface area contributed by atoms with Gasteiger partial charge in [0.25, 0.3) is 0 Å². The van der Waals surface area contributed by atoms with Crippen LogP contribution in [-0.4, -0.2) is 75.1 Å². The molecule has 172 valence electrons. The van der Waals surface area contributed by atoms with Crippen molar-refractivity contribution in [3.63, 3.8) is 0 Å². The summed E-state index contributed by atoms with van der Waals surface area (Å²) < 4.78 is 0. The number of H-pyrrole nitrogens is 1. The van der Waals surface area contributed by atoms with E-state index in [0.717, 1.165) is 5.56 Å². The molecule has 12 nitrogen and oxygen atoms in total. The number of carboxylic acid groups (broad SMARTS) is 1. The monoisotopic (exact) mass is 446 g/mol. The van der Waals surface area contributed by atoms with E-state index in [2.05, 4.69) is 25.9 Å². The molecule has 2 rings (SSSR count). The third-order valence-electron chi connectivity index (χ3n) is 4.47. The van der Waals surface area contributed by atoms with Crippen LogP contribution in [0.25, 0.3) is 0 Å². The number of nitrogens with zero attached hydrogens (tertiary/aromatic N) is 1. The van der Waals surface area contributed by atoms with E-state index in [9.17, 15) is 19.2 Å². The van der Waals surface area contributed by atoms with Crippen LogP contribution in [0.3, 0.4) is 0 Å². The number of aliphatic carboxylic acids is 1. The zero-order valence-electron chi connectivity index (χ0n) is 17.2. The van der Waals surface area contributed by atoms with Crippen LogP contribution in [0.5, 0.6) is 0 Å². The maximum absolute atomic E-state index is 13.0. The van der Waals surface area contributed by atoms with Crippen LogP contribution in [0.4, 0.5) is 0 Å². The van der Waals surface area contributed by atoms with Gasteiger partial charge >= 0.3 is 5.97 Å². The normalized spacial score (nSPS) is 13.4. The molecule has 3 atom stereocenters. The smallest absolute Gasteiger partial charge is 0.322 e. The third kappa shape index (κ3) is 7.81. The topological polar surface area (TPSA) is 200 Å². The number of aliphatic hydroxyl groups excluding tert-OH is 1. The van der Waals surface area contributed by atoms with E-state index in [-0.39, 0.29) is 12.8 Å². The summed E-state index contributed by atoms with van der Waals surface area (Å²) in [5.74, 6) is -3.37. The van der Waals surface area contributed by atoms with Gasteiger partial charge in [-0.3, -0.25) is 19.2 Å². The van der Waals surface area contributed by atoms with E-state index in [1.165, 1.54) is 12.5 Å². The maximum atomic E-state index is 13.0. The Morgan fingerprint density at radius 2 is 1.66 bits per heavy atom. The SMILES string of the molecule is NC(CO)C(=O)NC(Cc1ccccc1)C(=O)NC(Cc1cnc[nH]1)C(=O)NCC(=O)O. The molecule has 12 heteroatoms. The molecule has 2 aromatic rings. The molecule has 0 saturated carbocycles. The Morgan fingerprint density at radius 1 is 1.00 bits per heavy atom. The third-order valence-corrected chi connectivity index (χ3v) is 4.47. The van der Waals surface area contributed by atoms with Crippen molar-refractivity contribution >= 4 is 23.7 Å². The molecule has 0 fully saturated rings. The fourth-order valence-corrected chi connectivity index (χ4v) is 2.80. The van der Waals surface area contributed by atoms with Crippen LogP contribution in [0.15, 0.2) is 42.9 Å². The van der Waals surface area contributed by atoms with Gasteiger partial charge in [-0.2, -0.15) is 0 Å². The van der Waals surface area contributed by atoms with Crippen LogP contribution in [0, 0.1) is 0 Å². The predicted octanol–water partition coefficient (Wildman–Crippen LogP) is -2.32. The molecule has 1 heterocycles. The minimum Gasteiger partial charge on any atom is -0.480 e. The highest BCUT2D eigenvalue weighted by molar-refractivity contribution is 5.94. The van der Waals surface area contributed by atoms with Crippen molar-refractivity contribution in [3.05, 3.63) is 54.1 Å². The van der Waals surface area contributed by atoms with Gasteiger partial charge in [0.15, 0.2) is 0 Å². The minimum atomic E-state index is -1.24. The number of carbonyl (C=O) groups is 4. The highest BCUT2D eigenvalue weighted by atomic mass is 16.4. The number of imidazole rings is 1. The van der Waals surface area contributed by atoms with Crippen LogP contribution in [0.1, 0.15) is 11.3 Å². The first-order chi connectivity index (χ1) is 15.3. The second kappa shape index (κ2) is 12.2. The van der Waals surface area contributed by atoms with Gasteiger partial charge in [0, 0.05) is 24.7 Å². The summed E-state index contributed by atoms with van der Waals surface area (Å²) in [4.78, 5) is 55.2. The summed E-state index contributed by atoms with van der Waals surface area (Å²) in [6, 6.07) is 5.41. The lowest BCUT2D eigenvalue weighted by Crippen LogP contribution is -2.57. The van der Waals surface area contributed by atoms with Crippen LogP contribution < -0.4 is 21.7 Å². The average molecular weight is 446 g/mol. The first-order valence-electron chi connectivity index (χ1n) is 9.78. The Kier molecular flexibility index (Phi) is 9.32. The number of hydrogen-bond acceptors (Lipinski definition) is 7. The summed E-state index contributed by atoms with van der Waals surface area (Å²) >= 11 is 0. The molecule has 0 radical (unpaired) electrons. The van der Waals surface area contributed by atoms with Gasteiger partial charge in [-0.1, -0.05) is 30.3 Å². The van der Waals surface area contributed by atoms with Gasteiger partial charge in [0.05, 0.1) is 12.9 Å². The van der Waals surface area contributed by atoms with Gasteiger partial charge in [0.2, 0.25) is 17.7 Å². The molecular weight excluding hydrogens is 420 g/mol. The molecule has 8 N–H and O–H groups in total. The van der Waals surface area contributed by atoms with E-state index in [1.54, 1.807) is 30.3 Å². The van der Waals surface area contributed by atoms with E-state index in [4.69, 9.17) is 15.9 Å². The average Bonchev–Trinajstić information content (AvgIpc) is 3.29. The Labute approximate surface area is 183 Å². The number of nitrogens with one attached hydrogen (secondary N) is 4. The summed E-state index contributed by atoms with van der Waals surface area (Å²) in [7, 11) is 0. The Bertz CT molecular complexity index is 905. The molecule has 3 amide bonds. The summed E-state index contributed by atoms with van der Waals surface area (Å²) in [5.41, 5.74) is 6.82. The van der Waals surface area contributed by atoms with E-state index >= 15 is 0 Å². The fraction of sp³-hybridized carbons (Fsp3) is 0.350. The molecule has 0 aliphatic carbocycles. The number of aromatic nitrogens is 2. The lowest BCUT2D eigenvalue weighted by Gasteiger charge is -2.24. The van der Waals surface area contributed by atoms with Gasteiger partial charge in [-0.15, -0.1) is 0 Å². The summed E-state index contributed by atoms with van der Waals surface area (Å²) in [6.45, 7) is -1.23. The number of aromatic amines is 1. The van der Waals surface area contributed by atoms with Gasteiger partial charge in [0.1, 0.15) is 24.7 Å². The zero-order chi connectivity index (χ0) is 23.5. The first kappa shape index (κ1) is 24.5. The van der Waals surface area contributed by atoms with E-state index in [1.807, 2.05) is 0 Å². The Balaban J connectivity index is 2.19. The quantitative estimate of drug-likeness (QED) is 0.188. The number of benzene rings is 1. The molecular formula is C20H26N6O6. The lowest BCUT2D eigenvalue weighted by molar-refractivity contribution is -0.138. The molecule has 32 heavy (non-hydrogen) atoms. The molecule has 0 bridgehead atoms. The van der Waals surface area contributed by atoms with Crippen molar-refractivity contribution < 1.29 is 29.4 Å². The highest BCUT2D eigenvalue weighted by Gasteiger charge is 2.29. The van der Waals surface area contributed by atoms with E-state index < -0.39 is 55.0 Å². The number of rotatable bonds is 12. The van der Waals surface area contributed by atoms with Crippen molar-refractivity contribution in [1.82, 2.24) is 25.9 Å². The molecule has 3 unspecified atom stereocenters. The highest BCUT2D eigenvalue weighted by Crippen LogP contribution is 2.06. The minimum absolute atomic E-state index is 0.0132. The Hall–Kier alpha value is -3.77.